The maximum atomic E-state index is 5.00. The maximum Gasteiger partial charge on any atom is 0.240 e. The van der Waals surface area contributed by atoms with Crippen molar-refractivity contribution in [2.24, 2.45) is 0 Å². The first-order valence-electron chi connectivity index (χ1n) is 2.08. The average molecular weight is 244 g/mol. The summed E-state index contributed by atoms with van der Waals surface area (Å²) in [5, 5.41) is 0. The van der Waals surface area contributed by atoms with Crippen molar-refractivity contribution in [2.75, 3.05) is 0 Å². The van der Waals surface area contributed by atoms with Crippen molar-refractivity contribution in [1.82, 2.24) is 0 Å². The molecule has 8 heavy (non-hydrogen) atoms. The minimum Gasteiger partial charge on any atom is -0.444 e. The molecule has 2 nitrogen and oxygen atoms in total. The Balaban J connectivity index is 2.60. The minimum absolute atomic E-state index is 0.168. The van der Waals surface area contributed by atoms with Gasteiger partial charge in [-0.05, 0) is 31.9 Å². The molecule has 0 radical (unpaired) electrons. The van der Waals surface area contributed by atoms with Gasteiger partial charge >= 0.3 is 0 Å². The van der Waals surface area contributed by atoms with Crippen LogP contribution in [-0.2, 0) is 9.47 Å². The summed E-state index contributed by atoms with van der Waals surface area (Å²) in [7, 11) is 0. The molecule has 1 aliphatic heterocycles. The summed E-state index contributed by atoms with van der Waals surface area (Å²) in [6.45, 7) is 1.82. The van der Waals surface area contributed by atoms with Gasteiger partial charge in [0.25, 0.3) is 0 Å². The topological polar surface area (TPSA) is 18.5 Å². The third kappa shape index (κ3) is 1.17. The van der Waals surface area contributed by atoms with Gasteiger partial charge in [-0.2, -0.15) is 0 Å². The Bertz CT molecular complexity index is 118. The lowest BCUT2D eigenvalue weighted by Crippen LogP contribution is -1.99. The summed E-state index contributed by atoms with van der Waals surface area (Å²) in [6, 6.07) is 0. The molecule has 0 amide bonds. The lowest BCUT2D eigenvalue weighted by atomic mass is 10.8. The molecule has 46 valence electrons. The highest BCUT2D eigenvalue weighted by Crippen LogP contribution is 2.29. The van der Waals surface area contributed by atoms with Crippen LogP contribution in [0.1, 0.15) is 6.92 Å². The zero-order valence-corrected chi connectivity index (χ0v) is 7.32. The van der Waals surface area contributed by atoms with Crippen molar-refractivity contribution in [2.45, 2.75) is 13.2 Å². The van der Waals surface area contributed by atoms with Crippen LogP contribution in [0.5, 0.6) is 0 Å². The van der Waals surface area contributed by atoms with E-state index < -0.39 is 0 Å². The van der Waals surface area contributed by atoms with Crippen LogP contribution in [0.4, 0.5) is 0 Å². The third-order valence-electron chi connectivity index (χ3n) is 0.693. The van der Waals surface area contributed by atoms with Crippen molar-refractivity contribution < 1.29 is 9.47 Å². The Morgan fingerprint density at radius 3 is 1.75 bits per heavy atom. The molecule has 0 N–H and O–H groups in total. The van der Waals surface area contributed by atoms with E-state index in [-0.39, 0.29) is 6.29 Å². The van der Waals surface area contributed by atoms with E-state index in [2.05, 4.69) is 31.9 Å². The first-order chi connectivity index (χ1) is 3.70. The minimum atomic E-state index is -0.168. The Morgan fingerprint density at radius 1 is 1.25 bits per heavy atom. The second kappa shape index (κ2) is 2.27. The van der Waals surface area contributed by atoms with Gasteiger partial charge in [-0.25, -0.2) is 0 Å². The van der Waals surface area contributed by atoms with Crippen molar-refractivity contribution >= 4 is 31.9 Å². The summed E-state index contributed by atoms with van der Waals surface area (Å²) in [6.07, 6.45) is -0.168. The molecule has 0 aliphatic carbocycles. The van der Waals surface area contributed by atoms with E-state index in [9.17, 15) is 0 Å². The number of halogens is 2. The molecule has 0 bridgehead atoms. The van der Waals surface area contributed by atoms with Crippen molar-refractivity contribution in [3.05, 3.63) is 9.34 Å². The molecule has 0 aromatic heterocycles. The molecule has 0 saturated heterocycles. The monoisotopic (exact) mass is 242 g/mol. The summed E-state index contributed by atoms with van der Waals surface area (Å²) in [5.41, 5.74) is 0. The average Bonchev–Trinajstić information content (AvgIpc) is 1.85. The fourth-order valence-electron chi connectivity index (χ4n) is 0.408. The highest BCUT2D eigenvalue weighted by Gasteiger charge is 2.18. The molecule has 1 aliphatic rings. The Morgan fingerprint density at radius 2 is 1.62 bits per heavy atom. The van der Waals surface area contributed by atoms with Crippen molar-refractivity contribution in [3.63, 3.8) is 0 Å². The Labute approximate surface area is 64.1 Å². The zero-order valence-electron chi connectivity index (χ0n) is 4.15. The first-order valence-corrected chi connectivity index (χ1v) is 3.67. The van der Waals surface area contributed by atoms with E-state index in [1.807, 2.05) is 6.92 Å². The van der Waals surface area contributed by atoms with Gasteiger partial charge in [0.15, 0.2) is 0 Å². The predicted octanol–water partition coefficient (Wildman–Crippen LogP) is 2.30. The Hall–Kier alpha value is 0.300. The van der Waals surface area contributed by atoms with Crippen LogP contribution in [0.25, 0.3) is 0 Å². The first kappa shape index (κ1) is 6.42. The normalized spacial score (nSPS) is 20.9. The van der Waals surface area contributed by atoms with Gasteiger partial charge in [-0.1, -0.05) is 0 Å². The standard InChI is InChI=1S/C4H4Br2O2/c1-2-7-3(5)4(6)8-2/h2H,1H3. The van der Waals surface area contributed by atoms with Crippen LogP contribution in [0, 0.1) is 0 Å². The van der Waals surface area contributed by atoms with Gasteiger partial charge < -0.3 is 9.47 Å². The van der Waals surface area contributed by atoms with Gasteiger partial charge in [-0.15, -0.1) is 0 Å². The van der Waals surface area contributed by atoms with E-state index in [1.54, 1.807) is 0 Å². The second-order valence-electron chi connectivity index (χ2n) is 1.35. The van der Waals surface area contributed by atoms with E-state index >= 15 is 0 Å². The summed E-state index contributed by atoms with van der Waals surface area (Å²) in [5.74, 6) is 0. The molecule has 0 saturated carbocycles. The molecule has 0 spiro atoms. The number of rotatable bonds is 0. The number of ether oxygens (including phenoxy) is 2. The van der Waals surface area contributed by atoms with Crippen LogP contribution in [0.2, 0.25) is 0 Å². The summed E-state index contributed by atoms with van der Waals surface area (Å²) < 4.78 is 11.3. The largest absolute Gasteiger partial charge is 0.444 e. The predicted molar refractivity (Wildman–Crippen MR) is 36.5 cm³/mol. The van der Waals surface area contributed by atoms with Gasteiger partial charge in [-0.3, -0.25) is 0 Å². The van der Waals surface area contributed by atoms with Gasteiger partial charge in [0, 0.05) is 6.92 Å². The molecule has 1 heterocycles. The second-order valence-corrected chi connectivity index (χ2v) is 2.79. The van der Waals surface area contributed by atoms with Gasteiger partial charge in [0.1, 0.15) is 0 Å². The zero-order chi connectivity index (χ0) is 6.15. The van der Waals surface area contributed by atoms with Gasteiger partial charge in [0.2, 0.25) is 15.6 Å². The molecule has 0 aromatic carbocycles. The molecule has 0 unspecified atom stereocenters. The Kier molecular flexibility index (Phi) is 1.82. The van der Waals surface area contributed by atoms with E-state index in [0.717, 1.165) is 0 Å². The highest BCUT2D eigenvalue weighted by atomic mass is 79.9. The van der Waals surface area contributed by atoms with Crippen LogP contribution < -0.4 is 0 Å². The summed E-state index contributed by atoms with van der Waals surface area (Å²) >= 11 is 6.26. The van der Waals surface area contributed by atoms with Crippen molar-refractivity contribution in [1.29, 1.82) is 0 Å². The number of hydrogen-bond acceptors (Lipinski definition) is 2. The van der Waals surface area contributed by atoms with Crippen LogP contribution in [0.3, 0.4) is 0 Å². The van der Waals surface area contributed by atoms with Crippen molar-refractivity contribution in [3.8, 4) is 0 Å². The molecule has 0 aromatic rings. The molecule has 1 rings (SSSR count). The fraction of sp³-hybridized carbons (Fsp3) is 0.500. The lowest BCUT2D eigenvalue weighted by molar-refractivity contribution is -0.00993. The molecule has 0 fully saturated rings. The highest BCUT2D eigenvalue weighted by molar-refractivity contribution is 9.14. The van der Waals surface area contributed by atoms with E-state index in [0.29, 0.717) is 9.34 Å². The van der Waals surface area contributed by atoms with E-state index in [1.165, 1.54) is 0 Å². The van der Waals surface area contributed by atoms with Crippen LogP contribution in [0.15, 0.2) is 9.34 Å². The molecular weight excluding hydrogens is 240 g/mol. The third-order valence-corrected chi connectivity index (χ3v) is 2.32. The lowest BCUT2D eigenvalue weighted by Gasteiger charge is -2.00. The SMILES string of the molecule is CC1OC(Br)=C(Br)O1. The molecule has 0 atom stereocenters. The maximum absolute atomic E-state index is 5.00. The fourth-order valence-corrected chi connectivity index (χ4v) is 1.12. The van der Waals surface area contributed by atoms with Gasteiger partial charge in [0.05, 0.1) is 0 Å². The summed E-state index contributed by atoms with van der Waals surface area (Å²) in [4.78, 5) is 0. The van der Waals surface area contributed by atoms with Crippen LogP contribution in [-0.4, -0.2) is 6.29 Å². The molecule has 4 heteroatoms. The quantitative estimate of drug-likeness (QED) is 0.650. The van der Waals surface area contributed by atoms with Crippen LogP contribution >= 0.6 is 31.9 Å². The van der Waals surface area contributed by atoms with E-state index in [4.69, 9.17) is 9.47 Å². The smallest absolute Gasteiger partial charge is 0.240 e. The molecular formula is C4H4Br2O2. The number of hydrogen-bond donors (Lipinski definition) is 0.